The fourth-order valence-electron chi connectivity index (χ4n) is 1.15. The number of benzene rings is 1. The van der Waals surface area contributed by atoms with Gasteiger partial charge in [-0.25, -0.2) is 8.78 Å². The number of hydrogen-bond acceptors (Lipinski definition) is 3. The Morgan fingerprint density at radius 1 is 1.13 bits per heavy atom. The molecule has 0 radical (unpaired) electrons. The van der Waals surface area contributed by atoms with Crippen molar-refractivity contribution in [1.29, 1.82) is 0 Å². The van der Waals surface area contributed by atoms with Crippen LogP contribution in [0, 0.1) is 11.6 Å². The Morgan fingerprint density at radius 2 is 1.93 bits per heavy atom. The largest absolute Gasteiger partial charge is 0.447 e. The Bertz CT molecular complexity index is 482. The van der Waals surface area contributed by atoms with Crippen molar-refractivity contribution < 1.29 is 13.2 Å². The van der Waals surface area contributed by atoms with Crippen LogP contribution in [0.2, 0.25) is 0 Å². The number of anilines is 3. The molecule has 2 rings (SSSR count). The molecule has 1 aromatic heterocycles. The number of halogens is 2. The van der Waals surface area contributed by atoms with Crippen molar-refractivity contribution in [3.05, 3.63) is 42.2 Å². The van der Waals surface area contributed by atoms with Gasteiger partial charge in [0.05, 0.1) is 6.26 Å². The first-order valence-corrected chi connectivity index (χ1v) is 4.22. The quantitative estimate of drug-likeness (QED) is 0.801. The summed E-state index contributed by atoms with van der Waals surface area (Å²) in [6, 6.07) is 5.08. The lowest BCUT2D eigenvalue weighted by molar-refractivity contribution is 0.509. The molecule has 0 atom stereocenters. The van der Waals surface area contributed by atoms with Crippen LogP contribution < -0.4 is 11.1 Å². The van der Waals surface area contributed by atoms with E-state index in [1.165, 1.54) is 12.3 Å². The van der Waals surface area contributed by atoms with Gasteiger partial charge in [0.2, 0.25) is 5.88 Å². The molecule has 2 aromatic rings. The van der Waals surface area contributed by atoms with Crippen LogP contribution in [0.1, 0.15) is 0 Å². The summed E-state index contributed by atoms with van der Waals surface area (Å²) in [7, 11) is 0. The maximum Gasteiger partial charge on any atom is 0.213 e. The molecule has 0 amide bonds. The van der Waals surface area contributed by atoms with Gasteiger partial charge in [-0.2, -0.15) is 0 Å². The molecule has 0 aliphatic rings. The van der Waals surface area contributed by atoms with Crippen LogP contribution in [0.5, 0.6) is 0 Å². The van der Waals surface area contributed by atoms with E-state index in [4.69, 9.17) is 10.2 Å². The average Bonchev–Trinajstić information content (AvgIpc) is 2.59. The number of hydrogen-bond donors (Lipinski definition) is 2. The van der Waals surface area contributed by atoms with E-state index in [-0.39, 0.29) is 5.88 Å². The van der Waals surface area contributed by atoms with Gasteiger partial charge in [-0.15, -0.1) is 0 Å². The fourth-order valence-corrected chi connectivity index (χ4v) is 1.15. The van der Waals surface area contributed by atoms with Gasteiger partial charge in [0.15, 0.2) is 11.6 Å². The highest BCUT2D eigenvalue weighted by Crippen LogP contribution is 2.24. The molecule has 0 saturated carbocycles. The van der Waals surface area contributed by atoms with E-state index in [0.717, 1.165) is 12.1 Å². The first-order chi connectivity index (χ1) is 7.16. The Kier molecular flexibility index (Phi) is 2.29. The summed E-state index contributed by atoms with van der Waals surface area (Å²) >= 11 is 0. The Morgan fingerprint density at radius 3 is 2.53 bits per heavy atom. The molecule has 5 heteroatoms. The number of rotatable bonds is 2. The highest BCUT2D eigenvalue weighted by molar-refractivity contribution is 5.68. The third kappa shape index (κ3) is 1.90. The maximum atomic E-state index is 12.8. The predicted octanol–water partition coefficient (Wildman–Crippen LogP) is 2.88. The fraction of sp³-hybridized carbons (Fsp3) is 0. The highest BCUT2D eigenvalue weighted by atomic mass is 19.2. The second-order valence-corrected chi connectivity index (χ2v) is 2.95. The molecule has 0 aliphatic heterocycles. The predicted molar refractivity (Wildman–Crippen MR) is 52.8 cm³/mol. The normalized spacial score (nSPS) is 10.3. The van der Waals surface area contributed by atoms with Gasteiger partial charge in [0, 0.05) is 17.8 Å². The van der Waals surface area contributed by atoms with Crippen molar-refractivity contribution in [3.63, 3.8) is 0 Å². The first-order valence-electron chi connectivity index (χ1n) is 4.22. The second-order valence-electron chi connectivity index (χ2n) is 2.95. The van der Waals surface area contributed by atoms with Crippen LogP contribution >= 0.6 is 0 Å². The van der Waals surface area contributed by atoms with Crippen molar-refractivity contribution in [2.75, 3.05) is 11.1 Å². The molecule has 3 N–H and O–H groups in total. The zero-order valence-corrected chi connectivity index (χ0v) is 7.63. The lowest BCUT2D eigenvalue weighted by Gasteiger charge is -2.04. The van der Waals surface area contributed by atoms with Crippen LogP contribution in [-0.2, 0) is 0 Å². The molecule has 0 aliphatic carbocycles. The minimum absolute atomic E-state index is 0.194. The Hall–Kier alpha value is -2.04. The molecule has 0 unspecified atom stereocenters. The summed E-state index contributed by atoms with van der Waals surface area (Å²) in [6.07, 6.45) is 1.40. The lowest BCUT2D eigenvalue weighted by Crippen LogP contribution is -1.94. The van der Waals surface area contributed by atoms with Crippen molar-refractivity contribution in [3.8, 4) is 0 Å². The molecular formula is C10H8F2N2O. The van der Waals surface area contributed by atoms with E-state index in [9.17, 15) is 8.78 Å². The van der Waals surface area contributed by atoms with Crippen LogP contribution in [0.3, 0.4) is 0 Å². The Labute approximate surface area is 84.5 Å². The third-order valence-electron chi connectivity index (χ3n) is 1.89. The summed E-state index contributed by atoms with van der Waals surface area (Å²) in [6.45, 7) is 0. The molecule has 1 aromatic carbocycles. The zero-order chi connectivity index (χ0) is 10.8. The summed E-state index contributed by atoms with van der Waals surface area (Å²) < 4.78 is 30.3. The van der Waals surface area contributed by atoms with E-state index in [2.05, 4.69) is 5.32 Å². The number of nitrogen functional groups attached to an aromatic ring is 1. The first kappa shape index (κ1) is 9.51. The van der Waals surface area contributed by atoms with Crippen molar-refractivity contribution in [1.82, 2.24) is 0 Å². The maximum absolute atomic E-state index is 12.8. The standard InChI is InChI=1S/C10H8F2N2O/c11-7-2-1-6(5-8(7)12)14-9-3-4-15-10(9)13/h1-5,14H,13H2. The van der Waals surface area contributed by atoms with Crippen LogP contribution in [0.15, 0.2) is 34.9 Å². The number of nitrogens with one attached hydrogen (secondary N) is 1. The van der Waals surface area contributed by atoms with Crippen molar-refractivity contribution in [2.24, 2.45) is 0 Å². The van der Waals surface area contributed by atoms with Gasteiger partial charge in [0.25, 0.3) is 0 Å². The van der Waals surface area contributed by atoms with Crippen LogP contribution in [0.4, 0.5) is 26.0 Å². The summed E-state index contributed by atoms with van der Waals surface area (Å²) in [4.78, 5) is 0. The van der Waals surface area contributed by atoms with E-state index < -0.39 is 11.6 Å². The molecule has 15 heavy (non-hydrogen) atoms. The third-order valence-corrected chi connectivity index (χ3v) is 1.89. The molecule has 0 bridgehead atoms. The van der Waals surface area contributed by atoms with E-state index in [1.54, 1.807) is 6.07 Å². The summed E-state index contributed by atoms with van der Waals surface area (Å²) in [5.41, 5.74) is 6.38. The van der Waals surface area contributed by atoms with Crippen LogP contribution in [0.25, 0.3) is 0 Å². The second kappa shape index (κ2) is 3.61. The highest BCUT2D eigenvalue weighted by Gasteiger charge is 2.05. The monoisotopic (exact) mass is 210 g/mol. The van der Waals surface area contributed by atoms with Crippen LogP contribution in [-0.4, -0.2) is 0 Å². The topological polar surface area (TPSA) is 51.2 Å². The van der Waals surface area contributed by atoms with E-state index >= 15 is 0 Å². The van der Waals surface area contributed by atoms with Gasteiger partial charge in [-0.1, -0.05) is 0 Å². The zero-order valence-electron chi connectivity index (χ0n) is 7.63. The molecule has 3 nitrogen and oxygen atoms in total. The molecule has 78 valence electrons. The van der Waals surface area contributed by atoms with Gasteiger partial charge >= 0.3 is 0 Å². The van der Waals surface area contributed by atoms with E-state index in [1.807, 2.05) is 0 Å². The minimum Gasteiger partial charge on any atom is -0.447 e. The molecule has 0 spiro atoms. The average molecular weight is 210 g/mol. The summed E-state index contributed by atoms with van der Waals surface area (Å²) in [5, 5.41) is 2.79. The molecule has 1 heterocycles. The lowest BCUT2D eigenvalue weighted by atomic mass is 10.3. The summed E-state index contributed by atoms with van der Waals surface area (Å²) in [5.74, 6) is -1.61. The van der Waals surface area contributed by atoms with Gasteiger partial charge in [-0.3, -0.25) is 0 Å². The molecular weight excluding hydrogens is 202 g/mol. The SMILES string of the molecule is Nc1occc1Nc1ccc(F)c(F)c1. The Balaban J connectivity index is 2.25. The smallest absolute Gasteiger partial charge is 0.213 e. The van der Waals surface area contributed by atoms with Crippen molar-refractivity contribution >= 4 is 17.3 Å². The van der Waals surface area contributed by atoms with Gasteiger partial charge < -0.3 is 15.5 Å². The van der Waals surface area contributed by atoms with Gasteiger partial charge in [-0.05, 0) is 12.1 Å². The number of furan rings is 1. The van der Waals surface area contributed by atoms with Crippen molar-refractivity contribution in [2.45, 2.75) is 0 Å². The van der Waals surface area contributed by atoms with Gasteiger partial charge in [0.1, 0.15) is 5.69 Å². The molecule has 0 saturated heterocycles. The number of nitrogens with two attached hydrogens (primary N) is 1. The van der Waals surface area contributed by atoms with E-state index in [0.29, 0.717) is 11.4 Å². The minimum atomic E-state index is -0.915. The molecule has 0 fully saturated rings.